The van der Waals surface area contributed by atoms with E-state index >= 15 is 0 Å². The summed E-state index contributed by atoms with van der Waals surface area (Å²) >= 11 is 0. The number of hydrogen-bond donors (Lipinski definition) is 1. The fourth-order valence-corrected chi connectivity index (χ4v) is 3.16. The zero-order valence-corrected chi connectivity index (χ0v) is 15.9. The Morgan fingerprint density at radius 1 is 0.963 bits per heavy atom. The van der Waals surface area contributed by atoms with E-state index in [0.717, 1.165) is 29.5 Å². The minimum atomic E-state index is -0.126. The third-order valence-electron chi connectivity index (χ3n) is 4.84. The van der Waals surface area contributed by atoms with Crippen LogP contribution in [0, 0.1) is 13.8 Å². The van der Waals surface area contributed by atoms with Gasteiger partial charge in [-0.1, -0.05) is 35.4 Å². The summed E-state index contributed by atoms with van der Waals surface area (Å²) in [5.41, 5.74) is 3.01. The number of hydrogen-bond acceptors (Lipinski definition) is 3. The van der Waals surface area contributed by atoms with Crippen molar-refractivity contribution in [2.75, 3.05) is 19.7 Å². The highest BCUT2D eigenvalue weighted by Crippen LogP contribution is 2.15. The monoisotopic (exact) mass is 366 g/mol. The van der Waals surface area contributed by atoms with Crippen LogP contribution in [0.5, 0.6) is 5.75 Å². The Kier molecular flexibility index (Phi) is 6.12. The SMILES string of the molecule is Cc1ccc(OCC(=O)NC2CCN(C(=O)c3ccc(C)cc3)CC2)cc1. The molecule has 0 spiro atoms. The van der Waals surface area contributed by atoms with Crippen LogP contribution in [0.15, 0.2) is 48.5 Å². The molecule has 2 amide bonds. The summed E-state index contributed by atoms with van der Waals surface area (Å²) in [7, 11) is 0. The number of nitrogens with one attached hydrogen (secondary N) is 1. The maximum absolute atomic E-state index is 12.5. The maximum atomic E-state index is 12.5. The minimum Gasteiger partial charge on any atom is -0.484 e. The van der Waals surface area contributed by atoms with Crippen molar-refractivity contribution >= 4 is 11.8 Å². The molecule has 5 heteroatoms. The van der Waals surface area contributed by atoms with E-state index in [1.54, 1.807) is 0 Å². The van der Waals surface area contributed by atoms with Crippen LogP contribution in [0.25, 0.3) is 0 Å². The Hall–Kier alpha value is -2.82. The summed E-state index contributed by atoms with van der Waals surface area (Å²) in [6, 6.07) is 15.4. The lowest BCUT2D eigenvalue weighted by Crippen LogP contribution is -2.47. The van der Waals surface area contributed by atoms with E-state index in [9.17, 15) is 9.59 Å². The summed E-state index contributed by atoms with van der Waals surface area (Å²) in [5.74, 6) is 0.621. The van der Waals surface area contributed by atoms with Crippen LogP contribution >= 0.6 is 0 Å². The first-order valence-electron chi connectivity index (χ1n) is 9.36. The van der Waals surface area contributed by atoms with Gasteiger partial charge in [0, 0.05) is 24.7 Å². The molecule has 1 aliphatic rings. The van der Waals surface area contributed by atoms with Gasteiger partial charge in [-0.2, -0.15) is 0 Å². The zero-order valence-electron chi connectivity index (χ0n) is 15.9. The summed E-state index contributed by atoms with van der Waals surface area (Å²) in [6.45, 7) is 5.32. The van der Waals surface area contributed by atoms with Crippen LogP contribution in [-0.2, 0) is 4.79 Å². The molecule has 2 aromatic rings. The van der Waals surface area contributed by atoms with Gasteiger partial charge in [0.15, 0.2) is 6.61 Å². The van der Waals surface area contributed by atoms with Crippen LogP contribution in [0.1, 0.15) is 34.3 Å². The smallest absolute Gasteiger partial charge is 0.258 e. The zero-order chi connectivity index (χ0) is 19.2. The Labute approximate surface area is 160 Å². The van der Waals surface area contributed by atoms with E-state index < -0.39 is 0 Å². The van der Waals surface area contributed by atoms with Crippen molar-refractivity contribution in [2.45, 2.75) is 32.7 Å². The first kappa shape index (κ1) is 19.0. The number of rotatable bonds is 5. The highest BCUT2D eigenvalue weighted by molar-refractivity contribution is 5.94. The summed E-state index contributed by atoms with van der Waals surface area (Å²) in [6.07, 6.45) is 1.52. The molecule has 27 heavy (non-hydrogen) atoms. The lowest BCUT2D eigenvalue weighted by atomic mass is 10.0. The second-order valence-electron chi connectivity index (χ2n) is 7.10. The number of carbonyl (C=O) groups excluding carboxylic acids is 2. The highest BCUT2D eigenvalue weighted by Gasteiger charge is 2.24. The molecule has 0 saturated carbocycles. The van der Waals surface area contributed by atoms with E-state index in [1.165, 1.54) is 0 Å². The number of piperidine rings is 1. The lowest BCUT2D eigenvalue weighted by molar-refractivity contribution is -0.124. The molecular formula is C22H26N2O3. The number of aryl methyl sites for hydroxylation is 2. The van der Waals surface area contributed by atoms with E-state index in [0.29, 0.717) is 18.8 Å². The fourth-order valence-electron chi connectivity index (χ4n) is 3.16. The maximum Gasteiger partial charge on any atom is 0.258 e. The van der Waals surface area contributed by atoms with Gasteiger partial charge < -0.3 is 15.0 Å². The van der Waals surface area contributed by atoms with Gasteiger partial charge in [0.2, 0.25) is 0 Å². The van der Waals surface area contributed by atoms with Crippen molar-refractivity contribution in [3.8, 4) is 5.75 Å². The van der Waals surface area contributed by atoms with Crippen LogP contribution in [0.2, 0.25) is 0 Å². The molecule has 0 unspecified atom stereocenters. The molecule has 1 fully saturated rings. The van der Waals surface area contributed by atoms with Crippen molar-refractivity contribution in [2.24, 2.45) is 0 Å². The van der Waals surface area contributed by atoms with E-state index in [-0.39, 0.29) is 24.5 Å². The van der Waals surface area contributed by atoms with E-state index in [4.69, 9.17) is 4.74 Å². The first-order chi connectivity index (χ1) is 13.0. The van der Waals surface area contributed by atoms with E-state index in [1.807, 2.05) is 67.3 Å². The Bertz CT molecular complexity index is 776. The topological polar surface area (TPSA) is 58.6 Å². The van der Waals surface area contributed by atoms with Gasteiger partial charge in [0.05, 0.1) is 0 Å². The van der Waals surface area contributed by atoms with Gasteiger partial charge in [-0.3, -0.25) is 9.59 Å². The molecule has 0 aliphatic carbocycles. The number of likely N-dealkylation sites (tertiary alicyclic amines) is 1. The van der Waals surface area contributed by atoms with Gasteiger partial charge in [-0.05, 0) is 51.0 Å². The van der Waals surface area contributed by atoms with Crippen LogP contribution in [0.4, 0.5) is 0 Å². The highest BCUT2D eigenvalue weighted by atomic mass is 16.5. The molecule has 0 radical (unpaired) electrons. The molecule has 0 aromatic heterocycles. The van der Waals surface area contributed by atoms with Crippen molar-refractivity contribution in [1.29, 1.82) is 0 Å². The minimum absolute atomic E-state index is 0.00553. The average Bonchev–Trinajstić information content (AvgIpc) is 2.68. The third kappa shape index (κ3) is 5.33. The number of ether oxygens (including phenoxy) is 1. The molecule has 5 nitrogen and oxygen atoms in total. The fraction of sp³-hybridized carbons (Fsp3) is 0.364. The van der Waals surface area contributed by atoms with Crippen LogP contribution < -0.4 is 10.1 Å². The second-order valence-corrected chi connectivity index (χ2v) is 7.10. The normalized spacial score (nSPS) is 14.7. The molecule has 2 aromatic carbocycles. The number of benzene rings is 2. The van der Waals surface area contributed by atoms with Crippen molar-refractivity contribution in [3.05, 3.63) is 65.2 Å². The summed E-state index contributed by atoms with van der Waals surface area (Å²) in [4.78, 5) is 26.5. The molecule has 142 valence electrons. The number of carbonyl (C=O) groups is 2. The second kappa shape index (κ2) is 8.71. The van der Waals surface area contributed by atoms with Crippen LogP contribution in [-0.4, -0.2) is 42.5 Å². The molecule has 1 saturated heterocycles. The standard InChI is InChI=1S/C22H26N2O3/c1-16-3-7-18(8-4-16)22(26)24-13-11-19(12-14-24)23-21(25)15-27-20-9-5-17(2)6-10-20/h3-10,19H,11-15H2,1-2H3,(H,23,25). The molecule has 1 N–H and O–H groups in total. The van der Waals surface area contributed by atoms with Crippen LogP contribution in [0.3, 0.4) is 0 Å². The third-order valence-corrected chi connectivity index (χ3v) is 4.84. The van der Waals surface area contributed by atoms with Gasteiger partial charge in [0.1, 0.15) is 5.75 Å². The quantitative estimate of drug-likeness (QED) is 0.885. The van der Waals surface area contributed by atoms with Gasteiger partial charge in [-0.25, -0.2) is 0 Å². The molecule has 0 bridgehead atoms. The van der Waals surface area contributed by atoms with Gasteiger partial charge in [-0.15, -0.1) is 0 Å². The molecule has 0 atom stereocenters. The number of nitrogens with zero attached hydrogens (tertiary/aromatic N) is 1. The Balaban J connectivity index is 1.42. The summed E-state index contributed by atoms with van der Waals surface area (Å²) in [5, 5.41) is 3.01. The van der Waals surface area contributed by atoms with Crippen molar-refractivity contribution in [3.63, 3.8) is 0 Å². The molecule has 1 aliphatic heterocycles. The first-order valence-corrected chi connectivity index (χ1v) is 9.36. The molecular weight excluding hydrogens is 340 g/mol. The number of amides is 2. The average molecular weight is 366 g/mol. The van der Waals surface area contributed by atoms with E-state index in [2.05, 4.69) is 5.32 Å². The largest absolute Gasteiger partial charge is 0.484 e. The molecule has 3 rings (SSSR count). The lowest BCUT2D eigenvalue weighted by Gasteiger charge is -2.32. The Morgan fingerprint density at radius 3 is 2.11 bits per heavy atom. The molecule has 1 heterocycles. The van der Waals surface area contributed by atoms with Crippen molar-refractivity contribution < 1.29 is 14.3 Å². The Morgan fingerprint density at radius 2 is 1.52 bits per heavy atom. The predicted octanol–water partition coefficient (Wildman–Crippen LogP) is 3.10. The van der Waals surface area contributed by atoms with Gasteiger partial charge in [0.25, 0.3) is 11.8 Å². The van der Waals surface area contributed by atoms with Gasteiger partial charge >= 0.3 is 0 Å². The summed E-state index contributed by atoms with van der Waals surface area (Å²) < 4.78 is 5.51. The predicted molar refractivity (Wildman–Crippen MR) is 105 cm³/mol. The van der Waals surface area contributed by atoms with Crippen molar-refractivity contribution in [1.82, 2.24) is 10.2 Å².